The Bertz CT molecular complexity index is 848. The average molecular weight is 354 g/mol. The highest BCUT2D eigenvalue weighted by molar-refractivity contribution is 9.10. The zero-order valence-corrected chi connectivity index (χ0v) is 12.5. The number of benzene rings is 2. The Hall–Kier alpha value is -2.15. The smallest absolute Gasteiger partial charge is 0.205 e. The normalized spacial score (nSPS) is 11.0. The van der Waals surface area contributed by atoms with Crippen LogP contribution >= 0.6 is 15.9 Å². The number of hydrogen-bond donors (Lipinski definition) is 1. The minimum atomic E-state index is -0.531. The van der Waals surface area contributed by atoms with E-state index < -0.39 is 11.6 Å². The Morgan fingerprint density at radius 3 is 2.62 bits per heavy atom. The third-order valence-electron chi connectivity index (χ3n) is 3.12. The Kier molecular flexibility index (Phi) is 3.29. The van der Waals surface area contributed by atoms with Gasteiger partial charge in [0.15, 0.2) is 11.6 Å². The van der Waals surface area contributed by atoms with Gasteiger partial charge in [-0.2, -0.15) is 0 Å². The molecule has 0 spiro atoms. The van der Waals surface area contributed by atoms with Crippen molar-refractivity contribution >= 4 is 32.9 Å². The van der Waals surface area contributed by atoms with E-state index in [1.165, 1.54) is 29.9 Å². The summed E-state index contributed by atoms with van der Waals surface area (Å²) in [5.41, 5.74) is 7.26. The molecule has 21 heavy (non-hydrogen) atoms. The molecular formula is C14H10BrF2N3O. The second kappa shape index (κ2) is 5.00. The summed E-state index contributed by atoms with van der Waals surface area (Å²) in [6.07, 6.45) is 0. The van der Waals surface area contributed by atoms with Gasteiger partial charge in [0, 0.05) is 12.1 Å². The van der Waals surface area contributed by atoms with Crippen LogP contribution in [0.15, 0.2) is 34.8 Å². The Morgan fingerprint density at radius 2 is 1.95 bits per heavy atom. The van der Waals surface area contributed by atoms with E-state index in [-0.39, 0.29) is 11.7 Å². The van der Waals surface area contributed by atoms with Crippen LogP contribution < -0.4 is 10.5 Å². The first-order valence-electron chi connectivity index (χ1n) is 5.98. The zero-order chi connectivity index (χ0) is 15.1. The molecule has 0 radical (unpaired) electrons. The summed E-state index contributed by atoms with van der Waals surface area (Å²) in [4.78, 5) is 4.09. The maximum Gasteiger partial charge on any atom is 0.205 e. The van der Waals surface area contributed by atoms with Gasteiger partial charge in [-0.1, -0.05) is 0 Å². The van der Waals surface area contributed by atoms with Crippen LogP contribution in [0.5, 0.6) is 5.75 Å². The Balaban J connectivity index is 2.30. The average Bonchev–Trinajstić information content (AvgIpc) is 2.76. The number of anilines is 1. The molecule has 0 aliphatic carbocycles. The molecule has 4 nitrogen and oxygen atoms in total. The second-order valence-corrected chi connectivity index (χ2v) is 5.23. The van der Waals surface area contributed by atoms with Crippen molar-refractivity contribution in [2.24, 2.45) is 0 Å². The number of nitrogens with two attached hydrogens (primary N) is 1. The molecular weight excluding hydrogens is 344 g/mol. The van der Waals surface area contributed by atoms with Crippen molar-refractivity contribution in [2.45, 2.75) is 0 Å². The maximum atomic E-state index is 13.7. The molecule has 0 aliphatic rings. The van der Waals surface area contributed by atoms with Gasteiger partial charge >= 0.3 is 0 Å². The fourth-order valence-electron chi connectivity index (χ4n) is 2.15. The number of nitrogen functional groups attached to an aromatic ring is 1. The number of nitrogens with zero attached hydrogens (tertiary/aromatic N) is 2. The first-order valence-corrected chi connectivity index (χ1v) is 6.77. The van der Waals surface area contributed by atoms with Crippen molar-refractivity contribution in [1.82, 2.24) is 9.55 Å². The van der Waals surface area contributed by atoms with Crippen molar-refractivity contribution in [3.05, 3.63) is 46.4 Å². The van der Waals surface area contributed by atoms with Gasteiger partial charge in [0.2, 0.25) is 5.95 Å². The third kappa shape index (κ3) is 2.23. The van der Waals surface area contributed by atoms with Crippen LogP contribution in [0.3, 0.4) is 0 Å². The Morgan fingerprint density at radius 1 is 1.19 bits per heavy atom. The highest BCUT2D eigenvalue weighted by atomic mass is 79.9. The first-order chi connectivity index (χ1) is 10.0. The molecule has 0 fully saturated rings. The van der Waals surface area contributed by atoms with Gasteiger partial charge < -0.3 is 10.5 Å². The number of rotatable bonds is 2. The first kappa shape index (κ1) is 13.8. The van der Waals surface area contributed by atoms with Crippen LogP contribution in [0.25, 0.3) is 16.7 Å². The van der Waals surface area contributed by atoms with Gasteiger partial charge in [0.1, 0.15) is 5.82 Å². The number of aromatic nitrogens is 2. The second-order valence-electron chi connectivity index (χ2n) is 4.38. The van der Waals surface area contributed by atoms with Crippen molar-refractivity contribution in [1.29, 1.82) is 0 Å². The lowest BCUT2D eigenvalue weighted by Crippen LogP contribution is -2.01. The van der Waals surface area contributed by atoms with Crippen molar-refractivity contribution in [2.75, 3.05) is 12.8 Å². The molecule has 2 N–H and O–H groups in total. The molecule has 3 aromatic rings. The minimum absolute atomic E-state index is 0.0706. The summed E-state index contributed by atoms with van der Waals surface area (Å²) in [6.45, 7) is 0. The van der Waals surface area contributed by atoms with Crippen LogP contribution in [-0.2, 0) is 0 Å². The summed E-state index contributed by atoms with van der Waals surface area (Å²) in [6, 6.07) is 7.28. The third-order valence-corrected chi connectivity index (χ3v) is 3.76. The molecule has 2 aromatic carbocycles. The Labute approximate surface area is 127 Å². The van der Waals surface area contributed by atoms with Crippen molar-refractivity contribution in [3.63, 3.8) is 0 Å². The van der Waals surface area contributed by atoms with E-state index in [9.17, 15) is 8.78 Å². The van der Waals surface area contributed by atoms with Gasteiger partial charge in [-0.25, -0.2) is 13.8 Å². The van der Waals surface area contributed by atoms with Crippen molar-refractivity contribution in [3.8, 4) is 11.4 Å². The van der Waals surface area contributed by atoms with Crippen LogP contribution in [0, 0.1) is 11.6 Å². The topological polar surface area (TPSA) is 53.1 Å². The molecule has 0 bridgehead atoms. The number of halogens is 3. The van der Waals surface area contributed by atoms with E-state index >= 15 is 0 Å². The number of fused-ring (bicyclic) bond motifs is 1. The van der Waals surface area contributed by atoms with Crippen molar-refractivity contribution < 1.29 is 13.5 Å². The minimum Gasteiger partial charge on any atom is -0.494 e. The highest BCUT2D eigenvalue weighted by Gasteiger charge is 2.15. The zero-order valence-electron chi connectivity index (χ0n) is 10.9. The van der Waals surface area contributed by atoms with Crippen LogP contribution in [0.4, 0.5) is 14.7 Å². The molecule has 108 valence electrons. The number of ether oxygens (including phenoxy) is 1. The lowest BCUT2D eigenvalue weighted by atomic mass is 10.2. The maximum absolute atomic E-state index is 13.7. The van der Waals surface area contributed by atoms with Gasteiger partial charge in [-0.3, -0.25) is 4.57 Å². The van der Waals surface area contributed by atoms with E-state index in [1.54, 1.807) is 12.1 Å². The standard InChI is InChI=1S/C14H10BrF2N3O/c1-21-13-6-12-11(5-10(13)17)19-14(18)20(12)7-2-3-8(15)9(16)4-7/h2-6H,1H3,(H2,18,19). The molecule has 7 heteroatoms. The molecule has 0 atom stereocenters. The van der Waals surface area contributed by atoms with E-state index in [0.717, 1.165) is 0 Å². The SMILES string of the molecule is COc1cc2c(cc1F)nc(N)n2-c1ccc(Br)c(F)c1. The quantitative estimate of drug-likeness (QED) is 0.764. The molecule has 0 saturated carbocycles. The highest BCUT2D eigenvalue weighted by Crippen LogP contribution is 2.30. The molecule has 0 amide bonds. The van der Waals surface area contributed by atoms with Gasteiger partial charge in [0.05, 0.1) is 28.3 Å². The summed E-state index contributed by atoms with van der Waals surface area (Å²) in [7, 11) is 1.37. The summed E-state index contributed by atoms with van der Waals surface area (Å²) in [5.74, 6) is -0.750. The summed E-state index contributed by atoms with van der Waals surface area (Å²) >= 11 is 3.09. The molecule has 0 saturated heterocycles. The van der Waals surface area contributed by atoms with Gasteiger partial charge in [-0.05, 0) is 34.1 Å². The van der Waals surface area contributed by atoms with E-state index in [4.69, 9.17) is 10.5 Å². The fourth-order valence-corrected chi connectivity index (χ4v) is 2.40. The number of methoxy groups -OCH3 is 1. The van der Waals surface area contributed by atoms with Gasteiger partial charge in [-0.15, -0.1) is 0 Å². The summed E-state index contributed by atoms with van der Waals surface area (Å²) < 4.78 is 34.2. The lowest BCUT2D eigenvalue weighted by Gasteiger charge is -2.08. The predicted molar refractivity (Wildman–Crippen MR) is 79.7 cm³/mol. The van der Waals surface area contributed by atoms with Crippen LogP contribution in [-0.4, -0.2) is 16.7 Å². The molecule has 3 rings (SSSR count). The number of hydrogen-bond acceptors (Lipinski definition) is 3. The fraction of sp³-hybridized carbons (Fsp3) is 0.0714. The summed E-state index contributed by atoms with van der Waals surface area (Å²) in [5, 5.41) is 0. The molecule has 0 aliphatic heterocycles. The largest absolute Gasteiger partial charge is 0.494 e. The molecule has 1 heterocycles. The van der Waals surface area contributed by atoms with E-state index in [2.05, 4.69) is 20.9 Å². The van der Waals surface area contributed by atoms with Gasteiger partial charge in [0.25, 0.3) is 0 Å². The van der Waals surface area contributed by atoms with Crippen LogP contribution in [0.2, 0.25) is 0 Å². The van der Waals surface area contributed by atoms with Crippen LogP contribution in [0.1, 0.15) is 0 Å². The molecule has 0 unspecified atom stereocenters. The monoisotopic (exact) mass is 353 g/mol. The van der Waals surface area contributed by atoms with E-state index in [0.29, 0.717) is 21.2 Å². The molecule has 1 aromatic heterocycles. The predicted octanol–water partition coefficient (Wildman–Crippen LogP) is 3.66. The lowest BCUT2D eigenvalue weighted by molar-refractivity contribution is 0.387. The number of imidazole rings is 1. The van der Waals surface area contributed by atoms with E-state index in [1.807, 2.05) is 0 Å².